The van der Waals surface area contributed by atoms with Crippen LogP contribution >= 0.6 is 11.6 Å². The van der Waals surface area contributed by atoms with Crippen molar-refractivity contribution in [3.05, 3.63) is 22.7 Å². The number of methoxy groups -OCH3 is 2. The number of alkyl halides is 1. The lowest BCUT2D eigenvalue weighted by molar-refractivity contribution is -0.146. The van der Waals surface area contributed by atoms with Crippen molar-refractivity contribution in [3.63, 3.8) is 0 Å². The first-order chi connectivity index (χ1) is 7.51. The van der Waals surface area contributed by atoms with Crippen molar-refractivity contribution in [1.82, 2.24) is 0 Å². The van der Waals surface area contributed by atoms with E-state index in [1.54, 1.807) is 0 Å². The summed E-state index contributed by atoms with van der Waals surface area (Å²) >= 11 is 5.69. The highest BCUT2D eigenvalue weighted by molar-refractivity contribution is 6.31. The van der Waals surface area contributed by atoms with Gasteiger partial charge in [0.2, 0.25) is 6.17 Å². The number of hydrogen-bond acceptors (Lipinski definition) is 4. The van der Waals surface area contributed by atoms with E-state index in [0.717, 1.165) is 19.2 Å². The number of carbonyl (C=O) groups excluding carboxylic acids is 1. The maximum Gasteiger partial charge on any atom is 0.345 e. The molecule has 1 N–H and O–H groups in total. The van der Waals surface area contributed by atoms with Crippen LogP contribution in [0.1, 0.15) is 11.7 Å². The molecule has 0 saturated heterocycles. The number of phenolic OH excluding ortho intramolecular Hbond substituents is 1. The maximum absolute atomic E-state index is 13.5. The molecule has 1 atom stereocenters. The van der Waals surface area contributed by atoms with Crippen LogP contribution in [0.4, 0.5) is 4.39 Å². The maximum atomic E-state index is 13.5. The third kappa shape index (κ3) is 2.36. The summed E-state index contributed by atoms with van der Waals surface area (Å²) in [5.41, 5.74) is -0.108. The fraction of sp³-hybridized carbons (Fsp3) is 0.300. The number of benzene rings is 1. The van der Waals surface area contributed by atoms with Gasteiger partial charge in [0.1, 0.15) is 0 Å². The Labute approximate surface area is 96.5 Å². The number of aromatic hydroxyl groups is 1. The molecule has 0 aliphatic rings. The van der Waals surface area contributed by atoms with Gasteiger partial charge in [-0.15, -0.1) is 0 Å². The van der Waals surface area contributed by atoms with Crippen LogP contribution in [0.15, 0.2) is 12.1 Å². The second-order valence-corrected chi connectivity index (χ2v) is 3.34. The molecule has 1 aromatic rings. The molecule has 0 aliphatic heterocycles. The molecular weight excluding hydrogens is 239 g/mol. The van der Waals surface area contributed by atoms with E-state index in [1.807, 2.05) is 0 Å². The van der Waals surface area contributed by atoms with Crippen LogP contribution in [0.25, 0.3) is 0 Å². The summed E-state index contributed by atoms with van der Waals surface area (Å²) in [7, 11) is 2.37. The van der Waals surface area contributed by atoms with Crippen molar-refractivity contribution >= 4 is 17.6 Å². The minimum Gasteiger partial charge on any atom is -0.504 e. The molecule has 0 bridgehead atoms. The number of esters is 1. The van der Waals surface area contributed by atoms with Gasteiger partial charge in [-0.2, -0.15) is 0 Å². The number of halogens is 2. The molecule has 0 spiro atoms. The Bertz CT molecular complexity index is 408. The first kappa shape index (κ1) is 12.6. The van der Waals surface area contributed by atoms with Crippen LogP contribution in [0.2, 0.25) is 5.02 Å². The summed E-state index contributed by atoms with van der Waals surface area (Å²) in [5, 5.41) is 9.27. The molecule has 0 fully saturated rings. The van der Waals surface area contributed by atoms with Crippen molar-refractivity contribution in [2.45, 2.75) is 6.17 Å². The average molecular weight is 249 g/mol. The number of carbonyl (C=O) groups is 1. The predicted molar refractivity (Wildman–Crippen MR) is 55.5 cm³/mol. The number of phenols is 1. The van der Waals surface area contributed by atoms with Crippen LogP contribution in [-0.2, 0) is 9.53 Å². The molecular formula is C10H10ClFO4. The fourth-order valence-electron chi connectivity index (χ4n) is 1.15. The Morgan fingerprint density at radius 1 is 1.50 bits per heavy atom. The van der Waals surface area contributed by atoms with E-state index in [2.05, 4.69) is 4.74 Å². The molecule has 0 aliphatic carbocycles. The van der Waals surface area contributed by atoms with Crippen molar-refractivity contribution in [2.75, 3.05) is 14.2 Å². The Kier molecular flexibility index (Phi) is 3.95. The van der Waals surface area contributed by atoms with Gasteiger partial charge in [0.25, 0.3) is 0 Å². The van der Waals surface area contributed by atoms with Crippen LogP contribution in [-0.4, -0.2) is 25.3 Å². The van der Waals surface area contributed by atoms with Gasteiger partial charge in [0.05, 0.1) is 19.2 Å². The predicted octanol–water partition coefficient (Wildman–Crippen LogP) is 2.24. The zero-order chi connectivity index (χ0) is 12.3. The normalized spacial score (nSPS) is 12.0. The lowest BCUT2D eigenvalue weighted by Gasteiger charge is -2.11. The minimum absolute atomic E-state index is 0.0333. The van der Waals surface area contributed by atoms with Gasteiger partial charge in [-0.1, -0.05) is 11.6 Å². The average Bonchev–Trinajstić information content (AvgIpc) is 2.27. The molecule has 0 radical (unpaired) electrons. The molecule has 1 aromatic carbocycles. The Balaban J connectivity index is 3.18. The topological polar surface area (TPSA) is 55.8 Å². The molecule has 6 heteroatoms. The SMILES string of the molecule is COC(=O)C(F)c1cc(OC)c(O)cc1Cl. The Morgan fingerprint density at radius 3 is 2.62 bits per heavy atom. The van der Waals surface area contributed by atoms with Crippen LogP contribution in [0.3, 0.4) is 0 Å². The highest BCUT2D eigenvalue weighted by atomic mass is 35.5. The molecule has 88 valence electrons. The summed E-state index contributed by atoms with van der Waals surface area (Å²) in [4.78, 5) is 11.0. The van der Waals surface area contributed by atoms with E-state index in [1.165, 1.54) is 7.11 Å². The Morgan fingerprint density at radius 2 is 2.12 bits per heavy atom. The van der Waals surface area contributed by atoms with Gasteiger partial charge >= 0.3 is 5.97 Å². The fourth-order valence-corrected chi connectivity index (χ4v) is 1.40. The first-order valence-electron chi connectivity index (χ1n) is 4.29. The van der Waals surface area contributed by atoms with E-state index < -0.39 is 12.1 Å². The van der Waals surface area contributed by atoms with Gasteiger partial charge in [0, 0.05) is 11.6 Å². The summed E-state index contributed by atoms with van der Waals surface area (Å²) < 4.78 is 22.6. The summed E-state index contributed by atoms with van der Waals surface area (Å²) in [6, 6.07) is 2.25. The molecule has 0 heterocycles. The highest BCUT2D eigenvalue weighted by Gasteiger charge is 2.24. The van der Waals surface area contributed by atoms with Crippen molar-refractivity contribution in [1.29, 1.82) is 0 Å². The second-order valence-electron chi connectivity index (χ2n) is 2.93. The van der Waals surface area contributed by atoms with Crippen molar-refractivity contribution < 1.29 is 23.8 Å². The summed E-state index contributed by atoms with van der Waals surface area (Å²) in [6.45, 7) is 0. The number of ether oxygens (including phenoxy) is 2. The van der Waals surface area contributed by atoms with E-state index in [0.29, 0.717) is 0 Å². The number of rotatable bonds is 3. The first-order valence-corrected chi connectivity index (χ1v) is 4.67. The third-order valence-electron chi connectivity index (χ3n) is 1.98. The zero-order valence-corrected chi connectivity index (χ0v) is 9.42. The van der Waals surface area contributed by atoms with Crippen LogP contribution in [0, 0.1) is 0 Å². The molecule has 1 rings (SSSR count). The number of hydrogen-bond donors (Lipinski definition) is 1. The molecule has 0 saturated carbocycles. The summed E-state index contributed by atoms with van der Waals surface area (Å²) in [5.74, 6) is -1.26. The van der Waals surface area contributed by atoms with E-state index >= 15 is 0 Å². The lowest BCUT2D eigenvalue weighted by atomic mass is 10.1. The monoisotopic (exact) mass is 248 g/mol. The molecule has 0 amide bonds. The minimum atomic E-state index is -2.01. The smallest absolute Gasteiger partial charge is 0.345 e. The van der Waals surface area contributed by atoms with Crippen molar-refractivity contribution in [3.8, 4) is 11.5 Å². The lowest BCUT2D eigenvalue weighted by Crippen LogP contribution is -2.10. The largest absolute Gasteiger partial charge is 0.504 e. The molecule has 16 heavy (non-hydrogen) atoms. The van der Waals surface area contributed by atoms with E-state index in [9.17, 15) is 14.3 Å². The molecule has 0 aromatic heterocycles. The standard InChI is InChI=1S/C10H10ClFO4/c1-15-8-3-5(6(11)4-7(8)13)9(12)10(14)16-2/h3-4,9,13H,1-2H3. The highest BCUT2D eigenvalue weighted by Crippen LogP contribution is 2.36. The van der Waals surface area contributed by atoms with Gasteiger partial charge in [-0.05, 0) is 6.07 Å². The zero-order valence-electron chi connectivity index (χ0n) is 8.66. The third-order valence-corrected chi connectivity index (χ3v) is 2.31. The second kappa shape index (κ2) is 5.03. The molecule has 1 unspecified atom stereocenters. The van der Waals surface area contributed by atoms with Gasteiger partial charge in [-0.25, -0.2) is 9.18 Å². The van der Waals surface area contributed by atoms with E-state index in [-0.39, 0.29) is 22.1 Å². The van der Waals surface area contributed by atoms with E-state index in [4.69, 9.17) is 16.3 Å². The van der Waals surface area contributed by atoms with Gasteiger partial charge in [0.15, 0.2) is 11.5 Å². The summed E-state index contributed by atoms with van der Waals surface area (Å²) in [6.07, 6.45) is -2.01. The van der Waals surface area contributed by atoms with Gasteiger partial charge < -0.3 is 14.6 Å². The molecule has 4 nitrogen and oxygen atoms in total. The van der Waals surface area contributed by atoms with Crippen LogP contribution in [0.5, 0.6) is 11.5 Å². The van der Waals surface area contributed by atoms with Crippen molar-refractivity contribution in [2.24, 2.45) is 0 Å². The van der Waals surface area contributed by atoms with Gasteiger partial charge in [-0.3, -0.25) is 0 Å². The Hall–Kier alpha value is -1.49. The van der Waals surface area contributed by atoms with Crippen LogP contribution < -0.4 is 4.74 Å². The quantitative estimate of drug-likeness (QED) is 0.834.